The molecule has 1 aliphatic carbocycles. The third-order valence-corrected chi connectivity index (χ3v) is 3.68. The molecule has 2 unspecified atom stereocenters. The zero-order chi connectivity index (χ0) is 14.5. The fraction of sp³-hybridized carbons (Fsp3) is 0.562. The summed E-state index contributed by atoms with van der Waals surface area (Å²) < 4.78 is 5.63. The largest absolute Gasteiger partial charge is 0.492 e. The molecule has 1 fully saturated rings. The summed E-state index contributed by atoms with van der Waals surface area (Å²) in [6.07, 6.45) is 1.97. The SMILES string of the molecule is Cc1cc(C)cc(OCCNC(=O)C2CCCC2O)c1. The van der Waals surface area contributed by atoms with Gasteiger partial charge in [0.05, 0.1) is 18.6 Å². The number of aryl methyl sites for hydroxylation is 2. The molecule has 1 aromatic carbocycles. The lowest BCUT2D eigenvalue weighted by molar-refractivity contribution is -0.127. The van der Waals surface area contributed by atoms with Crippen molar-refractivity contribution in [1.82, 2.24) is 5.32 Å². The van der Waals surface area contributed by atoms with E-state index in [-0.39, 0.29) is 11.8 Å². The summed E-state index contributed by atoms with van der Waals surface area (Å²) in [7, 11) is 0. The van der Waals surface area contributed by atoms with Crippen LogP contribution in [0.3, 0.4) is 0 Å². The van der Waals surface area contributed by atoms with E-state index < -0.39 is 6.10 Å². The Kier molecular flexibility index (Phi) is 5.01. The van der Waals surface area contributed by atoms with Crippen molar-refractivity contribution in [3.8, 4) is 5.75 Å². The van der Waals surface area contributed by atoms with E-state index in [0.29, 0.717) is 13.2 Å². The van der Waals surface area contributed by atoms with Crippen LogP contribution < -0.4 is 10.1 Å². The van der Waals surface area contributed by atoms with Crippen LogP contribution in [0.1, 0.15) is 30.4 Å². The fourth-order valence-corrected chi connectivity index (χ4v) is 2.74. The summed E-state index contributed by atoms with van der Waals surface area (Å²) in [6.45, 7) is 4.97. The van der Waals surface area contributed by atoms with Crippen molar-refractivity contribution in [2.75, 3.05) is 13.2 Å². The number of nitrogens with one attached hydrogen (secondary N) is 1. The minimum atomic E-state index is -0.477. The number of benzene rings is 1. The third-order valence-electron chi connectivity index (χ3n) is 3.68. The summed E-state index contributed by atoms with van der Waals surface area (Å²) in [6, 6.07) is 6.06. The zero-order valence-corrected chi connectivity index (χ0v) is 12.2. The van der Waals surface area contributed by atoms with E-state index in [0.717, 1.165) is 36.1 Å². The Bertz CT molecular complexity index is 453. The molecule has 4 heteroatoms. The molecule has 0 saturated heterocycles. The van der Waals surface area contributed by atoms with Crippen LogP contribution in [0.4, 0.5) is 0 Å². The molecule has 2 rings (SSSR count). The van der Waals surface area contributed by atoms with Crippen molar-refractivity contribution < 1.29 is 14.6 Å². The van der Waals surface area contributed by atoms with E-state index in [1.54, 1.807) is 0 Å². The number of ether oxygens (including phenoxy) is 1. The number of carbonyl (C=O) groups is 1. The molecular formula is C16H23NO3. The minimum Gasteiger partial charge on any atom is -0.492 e. The highest BCUT2D eigenvalue weighted by molar-refractivity contribution is 5.79. The molecule has 20 heavy (non-hydrogen) atoms. The number of rotatable bonds is 5. The number of hydrogen-bond acceptors (Lipinski definition) is 3. The van der Waals surface area contributed by atoms with E-state index in [4.69, 9.17) is 4.74 Å². The summed E-state index contributed by atoms with van der Waals surface area (Å²) in [5.41, 5.74) is 2.33. The normalized spacial score (nSPS) is 21.8. The van der Waals surface area contributed by atoms with Gasteiger partial charge >= 0.3 is 0 Å². The van der Waals surface area contributed by atoms with Crippen LogP contribution in [0.5, 0.6) is 5.75 Å². The van der Waals surface area contributed by atoms with Crippen LogP contribution >= 0.6 is 0 Å². The molecule has 4 nitrogen and oxygen atoms in total. The van der Waals surface area contributed by atoms with Gasteiger partial charge in [0.1, 0.15) is 12.4 Å². The Hall–Kier alpha value is -1.55. The second-order valence-corrected chi connectivity index (χ2v) is 5.57. The Labute approximate surface area is 120 Å². The molecule has 2 atom stereocenters. The highest BCUT2D eigenvalue weighted by Gasteiger charge is 2.30. The maximum atomic E-state index is 11.8. The lowest BCUT2D eigenvalue weighted by Gasteiger charge is -2.14. The number of amides is 1. The first-order chi connectivity index (χ1) is 9.56. The molecule has 0 aliphatic heterocycles. The summed E-state index contributed by atoms with van der Waals surface area (Å²) in [5, 5.41) is 12.5. The van der Waals surface area contributed by atoms with E-state index in [1.165, 1.54) is 0 Å². The second-order valence-electron chi connectivity index (χ2n) is 5.57. The van der Waals surface area contributed by atoms with Gasteiger partial charge in [0, 0.05) is 0 Å². The highest BCUT2D eigenvalue weighted by Crippen LogP contribution is 2.25. The fourth-order valence-electron chi connectivity index (χ4n) is 2.74. The molecule has 110 valence electrons. The van der Waals surface area contributed by atoms with Crippen molar-refractivity contribution >= 4 is 5.91 Å². The van der Waals surface area contributed by atoms with Crippen LogP contribution in [-0.2, 0) is 4.79 Å². The Morgan fingerprint density at radius 2 is 2.00 bits per heavy atom. The van der Waals surface area contributed by atoms with Crippen molar-refractivity contribution in [3.05, 3.63) is 29.3 Å². The van der Waals surface area contributed by atoms with Crippen LogP contribution in [0, 0.1) is 19.8 Å². The molecule has 1 aliphatic rings. The first kappa shape index (κ1) is 14.9. The van der Waals surface area contributed by atoms with E-state index >= 15 is 0 Å². The van der Waals surface area contributed by atoms with Crippen molar-refractivity contribution in [2.45, 2.75) is 39.2 Å². The summed E-state index contributed by atoms with van der Waals surface area (Å²) in [5.74, 6) is 0.535. The first-order valence-electron chi connectivity index (χ1n) is 7.23. The molecule has 1 aromatic rings. The van der Waals surface area contributed by atoms with Crippen LogP contribution in [0.2, 0.25) is 0 Å². The predicted octanol–water partition coefficient (Wildman–Crippen LogP) is 1.96. The third kappa shape index (κ3) is 3.97. The van der Waals surface area contributed by atoms with Crippen LogP contribution in [-0.4, -0.2) is 30.3 Å². The van der Waals surface area contributed by atoms with Gasteiger partial charge in [0.15, 0.2) is 0 Å². The van der Waals surface area contributed by atoms with Gasteiger partial charge in [-0.05, 0) is 56.4 Å². The summed E-state index contributed by atoms with van der Waals surface area (Å²) >= 11 is 0. The molecule has 0 spiro atoms. The molecule has 2 N–H and O–H groups in total. The van der Waals surface area contributed by atoms with Gasteiger partial charge in [-0.25, -0.2) is 0 Å². The van der Waals surface area contributed by atoms with Crippen molar-refractivity contribution in [1.29, 1.82) is 0 Å². The number of hydrogen-bond donors (Lipinski definition) is 2. The lowest BCUT2D eigenvalue weighted by Crippen LogP contribution is -2.36. The van der Waals surface area contributed by atoms with Gasteiger partial charge < -0.3 is 15.2 Å². The predicted molar refractivity (Wildman–Crippen MR) is 77.8 cm³/mol. The number of aliphatic hydroxyl groups excluding tert-OH is 1. The van der Waals surface area contributed by atoms with Gasteiger partial charge in [-0.1, -0.05) is 6.07 Å². The van der Waals surface area contributed by atoms with Gasteiger partial charge in [0.25, 0.3) is 0 Å². The highest BCUT2D eigenvalue weighted by atomic mass is 16.5. The maximum absolute atomic E-state index is 11.8. The molecule has 1 saturated carbocycles. The smallest absolute Gasteiger partial charge is 0.225 e. The molecule has 1 amide bonds. The lowest BCUT2D eigenvalue weighted by atomic mass is 10.1. The summed E-state index contributed by atoms with van der Waals surface area (Å²) in [4.78, 5) is 11.8. The number of carbonyl (C=O) groups excluding carboxylic acids is 1. The molecule has 0 radical (unpaired) electrons. The van der Waals surface area contributed by atoms with E-state index in [2.05, 4.69) is 11.4 Å². The van der Waals surface area contributed by atoms with Crippen molar-refractivity contribution in [3.63, 3.8) is 0 Å². The van der Waals surface area contributed by atoms with Gasteiger partial charge in [-0.2, -0.15) is 0 Å². The Balaban J connectivity index is 1.72. The number of aliphatic hydroxyl groups is 1. The minimum absolute atomic E-state index is 0.0565. The van der Waals surface area contributed by atoms with Crippen LogP contribution in [0.15, 0.2) is 18.2 Å². The first-order valence-corrected chi connectivity index (χ1v) is 7.23. The Morgan fingerprint density at radius 3 is 2.60 bits per heavy atom. The average Bonchev–Trinajstić information content (AvgIpc) is 2.79. The monoisotopic (exact) mass is 277 g/mol. The van der Waals surface area contributed by atoms with E-state index in [9.17, 15) is 9.90 Å². The van der Waals surface area contributed by atoms with Crippen LogP contribution in [0.25, 0.3) is 0 Å². The van der Waals surface area contributed by atoms with Gasteiger partial charge in [-0.3, -0.25) is 4.79 Å². The molecule has 0 aromatic heterocycles. The van der Waals surface area contributed by atoms with Gasteiger partial charge in [-0.15, -0.1) is 0 Å². The van der Waals surface area contributed by atoms with Gasteiger partial charge in [0.2, 0.25) is 5.91 Å². The average molecular weight is 277 g/mol. The Morgan fingerprint density at radius 1 is 1.30 bits per heavy atom. The topological polar surface area (TPSA) is 58.6 Å². The second kappa shape index (κ2) is 6.75. The van der Waals surface area contributed by atoms with Crippen molar-refractivity contribution in [2.24, 2.45) is 5.92 Å². The maximum Gasteiger partial charge on any atom is 0.225 e. The zero-order valence-electron chi connectivity index (χ0n) is 12.2. The molecular weight excluding hydrogens is 254 g/mol. The quantitative estimate of drug-likeness (QED) is 0.809. The van der Waals surface area contributed by atoms with E-state index in [1.807, 2.05) is 26.0 Å². The molecule has 0 heterocycles. The molecule has 0 bridgehead atoms. The standard InChI is InChI=1S/C16H23NO3/c1-11-8-12(2)10-13(9-11)20-7-6-17-16(19)14-4-3-5-15(14)18/h8-10,14-15,18H,3-7H2,1-2H3,(H,17,19).